The van der Waals surface area contributed by atoms with Gasteiger partial charge in [0.15, 0.2) is 12.2 Å². The molecule has 0 aliphatic carbocycles. The van der Waals surface area contributed by atoms with Gasteiger partial charge in [0.1, 0.15) is 0 Å². The highest BCUT2D eigenvalue weighted by Gasteiger charge is 2.16. The van der Waals surface area contributed by atoms with E-state index in [2.05, 4.69) is 15.8 Å². The quantitative estimate of drug-likeness (QED) is 0.600. The number of carbonyl (C=O) groups is 2. The van der Waals surface area contributed by atoms with Crippen LogP contribution in [-0.2, 0) is 14.3 Å². The fraction of sp³-hybridized carbons (Fsp3) is 0.263. The highest BCUT2D eigenvalue weighted by atomic mass is 16.5. The van der Waals surface area contributed by atoms with Crippen molar-refractivity contribution in [2.24, 2.45) is 5.73 Å². The first kappa shape index (κ1) is 23.3. The van der Waals surface area contributed by atoms with E-state index in [1.54, 1.807) is 48.5 Å². The number of nitrogens with two attached hydrogens (primary N) is 1. The zero-order valence-electron chi connectivity index (χ0n) is 15.1. The lowest BCUT2D eigenvalue weighted by molar-refractivity contribution is -0.150. The summed E-state index contributed by atoms with van der Waals surface area (Å²) in [4.78, 5) is 21.8. The molecule has 0 bridgehead atoms. The number of carbonyl (C=O) groups excluding carboxylic acids is 2. The van der Waals surface area contributed by atoms with Gasteiger partial charge in [0.05, 0.1) is 7.11 Å². The first-order valence-corrected chi connectivity index (χ1v) is 7.84. The summed E-state index contributed by atoms with van der Waals surface area (Å²) in [5.74, 6) is -1.03. The van der Waals surface area contributed by atoms with Crippen molar-refractivity contribution < 1.29 is 24.5 Å². The maximum atomic E-state index is 11.0. The van der Waals surface area contributed by atoms with Gasteiger partial charge in [0.25, 0.3) is 5.91 Å². The number of likely N-dealkylation sites (N-methyl/N-ethyl adjacent to an activating group) is 1. The Morgan fingerprint density at radius 1 is 0.885 bits per heavy atom. The van der Waals surface area contributed by atoms with Gasteiger partial charge < -0.3 is 26.0 Å². The smallest absolute Gasteiger partial charge is 0.339 e. The van der Waals surface area contributed by atoms with Crippen molar-refractivity contribution in [1.82, 2.24) is 5.32 Å². The normalized spacial score (nSPS) is 11.5. The third kappa shape index (κ3) is 7.89. The molecule has 5 N–H and O–H groups in total. The largest absolute Gasteiger partial charge is 0.467 e. The molecule has 2 rings (SSSR count). The SMILES string of the molecule is CN.CNC(=O)[C@@H](O)c1ccccc1.COC(=O)[C@@H](O)c1ccccc1. The van der Waals surface area contributed by atoms with Crippen molar-refractivity contribution in [2.75, 3.05) is 21.2 Å². The van der Waals surface area contributed by atoms with Crippen molar-refractivity contribution in [3.05, 3.63) is 71.8 Å². The molecule has 2 aromatic carbocycles. The van der Waals surface area contributed by atoms with Crippen LogP contribution in [-0.4, -0.2) is 43.3 Å². The molecule has 0 aliphatic heterocycles. The Balaban J connectivity index is 0.000000439. The minimum atomic E-state index is -1.17. The Labute approximate surface area is 153 Å². The van der Waals surface area contributed by atoms with Crippen LogP contribution >= 0.6 is 0 Å². The predicted molar refractivity (Wildman–Crippen MR) is 99.0 cm³/mol. The van der Waals surface area contributed by atoms with Crippen LogP contribution in [0.3, 0.4) is 0 Å². The second-order valence-corrected chi connectivity index (χ2v) is 4.76. The number of nitrogens with one attached hydrogen (secondary N) is 1. The number of hydrogen-bond donors (Lipinski definition) is 4. The number of aliphatic hydroxyl groups excluding tert-OH is 2. The second kappa shape index (κ2) is 13.5. The molecular formula is C19H26N2O5. The number of methoxy groups -OCH3 is 1. The molecule has 0 heterocycles. The molecule has 0 saturated carbocycles. The summed E-state index contributed by atoms with van der Waals surface area (Å²) in [5, 5.41) is 21.1. The van der Waals surface area contributed by atoms with Crippen LogP contribution in [0.15, 0.2) is 60.7 Å². The average molecular weight is 362 g/mol. The lowest BCUT2D eigenvalue weighted by atomic mass is 10.1. The monoisotopic (exact) mass is 362 g/mol. The Kier molecular flexibility index (Phi) is 12.1. The molecule has 0 unspecified atom stereocenters. The molecular weight excluding hydrogens is 336 g/mol. The van der Waals surface area contributed by atoms with Gasteiger partial charge in [-0.2, -0.15) is 0 Å². The number of hydrogen-bond acceptors (Lipinski definition) is 6. The summed E-state index contributed by atoms with van der Waals surface area (Å²) in [7, 11) is 4.24. The average Bonchev–Trinajstić information content (AvgIpc) is 2.74. The van der Waals surface area contributed by atoms with Gasteiger partial charge in [-0.05, 0) is 18.2 Å². The third-order valence-corrected chi connectivity index (χ3v) is 3.15. The molecule has 0 spiro atoms. The van der Waals surface area contributed by atoms with Crippen LogP contribution < -0.4 is 11.1 Å². The summed E-state index contributed by atoms with van der Waals surface area (Å²) in [6.07, 6.45) is -2.23. The molecule has 142 valence electrons. The molecule has 0 fully saturated rings. The van der Waals surface area contributed by atoms with Gasteiger partial charge in [-0.15, -0.1) is 0 Å². The van der Waals surface area contributed by atoms with Gasteiger partial charge in [-0.1, -0.05) is 60.7 Å². The summed E-state index contributed by atoms with van der Waals surface area (Å²) >= 11 is 0. The van der Waals surface area contributed by atoms with E-state index in [4.69, 9.17) is 0 Å². The lowest BCUT2D eigenvalue weighted by Gasteiger charge is -2.07. The van der Waals surface area contributed by atoms with E-state index < -0.39 is 18.2 Å². The van der Waals surface area contributed by atoms with E-state index >= 15 is 0 Å². The summed E-state index contributed by atoms with van der Waals surface area (Å²) in [5.41, 5.74) is 5.65. The number of amides is 1. The standard InChI is InChI=1S/C9H11NO2.C9H10O3.CH5N/c1-10-9(12)8(11)7-5-3-2-4-6-7;1-12-9(11)8(10)7-5-3-2-4-6-7;1-2/h2-6,8,11H,1H3,(H,10,12);2-6,8,10H,1H3;2H2,1H3/t2*8-;/m00./s1. The molecule has 26 heavy (non-hydrogen) atoms. The highest BCUT2D eigenvalue weighted by Crippen LogP contribution is 2.12. The zero-order valence-corrected chi connectivity index (χ0v) is 15.1. The molecule has 0 aromatic heterocycles. The Morgan fingerprint density at radius 3 is 1.62 bits per heavy atom. The number of aliphatic hydroxyl groups is 2. The molecule has 7 heteroatoms. The second-order valence-electron chi connectivity index (χ2n) is 4.76. The van der Waals surface area contributed by atoms with Crippen LogP contribution in [0, 0.1) is 0 Å². The molecule has 2 aromatic rings. The van der Waals surface area contributed by atoms with Crippen LogP contribution in [0.4, 0.5) is 0 Å². The number of esters is 1. The van der Waals surface area contributed by atoms with Crippen molar-refractivity contribution >= 4 is 11.9 Å². The van der Waals surface area contributed by atoms with E-state index in [0.717, 1.165) is 0 Å². The van der Waals surface area contributed by atoms with E-state index in [0.29, 0.717) is 11.1 Å². The zero-order chi connectivity index (χ0) is 19.9. The summed E-state index contributed by atoms with van der Waals surface area (Å²) in [6, 6.07) is 17.5. The first-order valence-electron chi connectivity index (χ1n) is 7.84. The van der Waals surface area contributed by atoms with Crippen LogP contribution in [0.25, 0.3) is 0 Å². The fourth-order valence-corrected chi connectivity index (χ4v) is 1.81. The molecule has 0 aliphatic rings. The molecule has 0 saturated heterocycles. The highest BCUT2D eigenvalue weighted by molar-refractivity contribution is 5.81. The van der Waals surface area contributed by atoms with E-state index in [-0.39, 0.29) is 5.91 Å². The molecule has 7 nitrogen and oxygen atoms in total. The van der Waals surface area contributed by atoms with E-state index in [9.17, 15) is 19.8 Å². The lowest BCUT2D eigenvalue weighted by Crippen LogP contribution is -2.25. The predicted octanol–water partition coefficient (Wildman–Crippen LogP) is 0.934. The maximum Gasteiger partial charge on any atom is 0.339 e. The molecule has 0 radical (unpaired) electrons. The van der Waals surface area contributed by atoms with Crippen molar-refractivity contribution in [3.63, 3.8) is 0 Å². The van der Waals surface area contributed by atoms with Gasteiger partial charge in [0.2, 0.25) is 0 Å². The van der Waals surface area contributed by atoms with E-state index in [1.165, 1.54) is 21.2 Å². The van der Waals surface area contributed by atoms with Gasteiger partial charge in [-0.25, -0.2) is 4.79 Å². The van der Waals surface area contributed by atoms with Crippen LogP contribution in [0.2, 0.25) is 0 Å². The minimum Gasteiger partial charge on any atom is -0.467 e. The first-order chi connectivity index (χ1) is 12.5. The molecule has 1 amide bonds. The third-order valence-electron chi connectivity index (χ3n) is 3.15. The number of ether oxygens (including phenoxy) is 1. The number of rotatable bonds is 4. The summed E-state index contributed by atoms with van der Waals surface area (Å²) in [6.45, 7) is 0. The van der Waals surface area contributed by atoms with Crippen molar-refractivity contribution in [2.45, 2.75) is 12.2 Å². The van der Waals surface area contributed by atoms with Gasteiger partial charge >= 0.3 is 5.97 Å². The Bertz CT molecular complexity index is 577. The Morgan fingerprint density at radius 2 is 1.27 bits per heavy atom. The molecule has 2 atom stereocenters. The van der Waals surface area contributed by atoms with Crippen LogP contribution in [0.1, 0.15) is 23.3 Å². The van der Waals surface area contributed by atoms with Gasteiger partial charge in [0, 0.05) is 7.05 Å². The van der Waals surface area contributed by atoms with Crippen molar-refractivity contribution in [1.29, 1.82) is 0 Å². The maximum absolute atomic E-state index is 11.0. The summed E-state index contributed by atoms with van der Waals surface area (Å²) < 4.78 is 4.38. The van der Waals surface area contributed by atoms with Crippen LogP contribution in [0.5, 0.6) is 0 Å². The number of benzene rings is 2. The Hall–Kier alpha value is -2.74. The van der Waals surface area contributed by atoms with E-state index in [1.807, 2.05) is 12.1 Å². The fourth-order valence-electron chi connectivity index (χ4n) is 1.81. The van der Waals surface area contributed by atoms with Gasteiger partial charge in [-0.3, -0.25) is 4.79 Å². The van der Waals surface area contributed by atoms with Crippen molar-refractivity contribution in [3.8, 4) is 0 Å². The minimum absolute atomic E-state index is 0.388. The topological polar surface area (TPSA) is 122 Å².